The van der Waals surface area contributed by atoms with Gasteiger partial charge in [-0.2, -0.15) is 0 Å². The van der Waals surface area contributed by atoms with Crippen molar-refractivity contribution in [3.05, 3.63) is 12.2 Å². The molecule has 0 aliphatic carbocycles. The van der Waals surface area contributed by atoms with Crippen LogP contribution in [0.15, 0.2) is 12.2 Å². The van der Waals surface area contributed by atoms with Gasteiger partial charge in [0.1, 0.15) is 0 Å². The normalized spacial score (nSPS) is 21.2. The van der Waals surface area contributed by atoms with Crippen molar-refractivity contribution >= 4 is 17.9 Å². The first-order valence-corrected chi connectivity index (χ1v) is 3.61. The quantitative estimate of drug-likeness (QED) is 0.342. The van der Waals surface area contributed by atoms with Crippen molar-refractivity contribution in [2.45, 2.75) is 19.4 Å². The van der Waals surface area contributed by atoms with Crippen molar-refractivity contribution in [2.24, 2.45) is 0 Å². The van der Waals surface area contributed by atoms with E-state index in [-0.39, 0.29) is 12.0 Å². The molecule has 0 radical (unpaired) electrons. The average Bonchev–Trinajstić information content (AvgIpc) is 2.30. The lowest BCUT2D eigenvalue weighted by molar-refractivity contribution is -0.160. The van der Waals surface area contributed by atoms with Crippen LogP contribution in [0.1, 0.15) is 13.3 Å². The average molecular weight is 184 g/mol. The number of hydrogen-bond donors (Lipinski definition) is 0. The molecule has 0 amide bonds. The van der Waals surface area contributed by atoms with Crippen molar-refractivity contribution in [2.75, 3.05) is 0 Å². The Balaban J connectivity index is 2.55. The van der Waals surface area contributed by atoms with Crippen molar-refractivity contribution < 1.29 is 23.9 Å². The molecule has 0 aromatic rings. The minimum absolute atomic E-state index is 0.173. The molecule has 0 spiro atoms. The van der Waals surface area contributed by atoms with Gasteiger partial charge >= 0.3 is 17.9 Å². The summed E-state index contributed by atoms with van der Waals surface area (Å²) in [5.74, 6) is -2.19. The number of carbonyl (C=O) groups is 3. The van der Waals surface area contributed by atoms with E-state index in [0.717, 1.165) is 0 Å². The van der Waals surface area contributed by atoms with Gasteiger partial charge in [-0.15, -0.1) is 0 Å². The van der Waals surface area contributed by atoms with Crippen LogP contribution in [-0.2, 0) is 23.9 Å². The molecule has 1 aliphatic heterocycles. The molecule has 1 saturated heterocycles. The van der Waals surface area contributed by atoms with Gasteiger partial charge in [0, 0.05) is 5.57 Å². The van der Waals surface area contributed by atoms with Crippen LogP contribution in [0, 0.1) is 0 Å². The molecular formula is C8H8O5. The Bertz CT molecular complexity index is 291. The van der Waals surface area contributed by atoms with E-state index in [9.17, 15) is 14.4 Å². The van der Waals surface area contributed by atoms with Gasteiger partial charge in [-0.3, -0.25) is 4.79 Å². The Morgan fingerprint density at radius 3 is 2.62 bits per heavy atom. The zero-order chi connectivity index (χ0) is 10.0. The molecule has 0 aromatic heterocycles. The third kappa shape index (κ3) is 2.14. The second-order valence-electron chi connectivity index (χ2n) is 2.67. The maximum absolute atomic E-state index is 10.9. The topological polar surface area (TPSA) is 69.7 Å². The largest absolute Gasteiger partial charge is 0.446 e. The van der Waals surface area contributed by atoms with Crippen molar-refractivity contribution in [3.63, 3.8) is 0 Å². The summed E-state index contributed by atoms with van der Waals surface area (Å²) >= 11 is 0. The summed E-state index contributed by atoms with van der Waals surface area (Å²) in [4.78, 5) is 32.3. The second kappa shape index (κ2) is 3.38. The molecule has 5 nitrogen and oxygen atoms in total. The molecule has 1 fully saturated rings. The molecule has 5 heteroatoms. The molecular weight excluding hydrogens is 176 g/mol. The molecule has 1 aliphatic rings. The van der Waals surface area contributed by atoms with Crippen molar-refractivity contribution in [1.82, 2.24) is 0 Å². The van der Waals surface area contributed by atoms with Crippen molar-refractivity contribution in [3.8, 4) is 0 Å². The van der Waals surface area contributed by atoms with Crippen LogP contribution in [0.5, 0.6) is 0 Å². The predicted molar refractivity (Wildman–Crippen MR) is 40.4 cm³/mol. The van der Waals surface area contributed by atoms with Crippen LogP contribution in [0.2, 0.25) is 0 Å². The van der Waals surface area contributed by atoms with Crippen LogP contribution in [0.25, 0.3) is 0 Å². The van der Waals surface area contributed by atoms with Crippen LogP contribution in [0.4, 0.5) is 0 Å². The van der Waals surface area contributed by atoms with E-state index in [1.54, 1.807) is 0 Å². The number of rotatable bonds is 2. The predicted octanol–water partition coefficient (Wildman–Crippen LogP) is -0.0522. The lowest BCUT2D eigenvalue weighted by atomic mass is 10.3. The molecule has 1 rings (SSSR count). The summed E-state index contributed by atoms with van der Waals surface area (Å²) in [7, 11) is 0. The molecule has 1 atom stereocenters. The van der Waals surface area contributed by atoms with E-state index in [0.29, 0.717) is 0 Å². The first kappa shape index (κ1) is 9.44. The maximum Gasteiger partial charge on any atom is 0.355 e. The Morgan fingerprint density at radius 2 is 2.23 bits per heavy atom. The fourth-order valence-electron chi connectivity index (χ4n) is 0.774. The molecule has 0 N–H and O–H groups in total. The van der Waals surface area contributed by atoms with Crippen LogP contribution < -0.4 is 0 Å². The van der Waals surface area contributed by atoms with Gasteiger partial charge in [-0.05, 0) is 6.92 Å². The second-order valence-corrected chi connectivity index (χ2v) is 2.67. The number of esters is 3. The summed E-state index contributed by atoms with van der Waals surface area (Å²) in [6.07, 6.45) is -1.31. The third-order valence-electron chi connectivity index (χ3n) is 1.43. The van der Waals surface area contributed by atoms with E-state index in [1.807, 2.05) is 0 Å². The van der Waals surface area contributed by atoms with Gasteiger partial charge in [-0.25, -0.2) is 9.59 Å². The summed E-state index contributed by atoms with van der Waals surface area (Å²) in [6, 6.07) is 0. The Kier molecular flexibility index (Phi) is 2.46. The molecule has 0 saturated carbocycles. The van der Waals surface area contributed by atoms with Crippen LogP contribution in [-0.4, -0.2) is 24.0 Å². The van der Waals surface area contributed by atoms with Gasteiger partial charge in [0.2, 0.25) is 6.10 Å². The molecule has 1 unspecified atom stereocenters. The van der Waals surface area contributed by atoms with Gasteiger partial charge in [-0.1, -0.05) is 6.58 Å². The van der Waals surface area contributed by atoms with Gasteiger partial charge in [0.15, 0.2) is 0 Å². The highest BCUT2D eigenvalue weighted by molar-refractivity contribution is 5.98. The standard InChI is InChI=1S/C8H8O5/c1-4(2)7(10)12-5-3-6(9)13-8(5)11/h5H,1,3H2,2H3. The smallest absolute Gasteiger partial charge is 0.355 e. The van der Waals surface area contributed by atoms with Gasteiger partial charge < -0.3 is 9.47 Å². The van der Waals surface area contributed by atoms with E-state index < -0.39 is 24.0 Å². The SMILES string of the molecule is C=C(C)C(=O)OC1CC(=O)OC1=O. The fraction of sp³-hybridized carbons (Fsp3) is 0.375. The van der Waals surface area contributed by atoms with Crippen molar-refractivity contribution in [1.29, 1.82) is 0 Å². The fourth-order valence-corrected chi connectivity index (χ4v) is 0.774. The lowest BCUT2D eigenvalue weighted by Crippen LogP contribution is -2.22. The summed E-state index contributed by atoms with van der Waals surface area (Å²) in [6.45, 7) is 4.78. The number of carbonyl (C=O) groups excluding carboxylic acids is 3. The monoisotopic (exact) mass is 184 g/mol. The molecule has 0 bridgehead atoms. The molecule has 0 aromatic carbocycles. The molecule has 70 valence electrons. The number of cyclic esters (lactones) is 2. The van der Waals surface area contributed by atoms with Gasteiger partial charge in [0.05, 0.1) is 6.42 Å². The highest BCUT2D eigenvalue weighted by Crippen LogP contribution is 2.13. The zero-order valence-corrected chi connectivity index (χ0v) is 7.03. The zero-order valence-electron chi connectivity index (χ0n) is 7.03. The Labute approximate surface area is 74.3 Å². The summed E-state index contributed by atoms with van der Waals surface area (Å²) in [5.41, 5.74) is 0.173. The van der Waals surface area contributed by atoms with E-state index >= 15 is 0 Å². The summed E-state index contributed by atoms with van der Waals surface area (Å²) < 4.78 is 8.79. The Hall–Kier alpha value is -1.65. The first-order valence-electron chi connectivity index (χ1n) is 3.61. The summed E-state index contributed by atoms with van der Waals surface area (Å²) in [5, 5.41) is 0. The molecule has 1 heterocycles. The van der Waals surface area contributed by atoms with Gasteiger partial charge in [0.25, 0.3) is 0 Å². The first-order chi connectivity index (χ1) is 6.00. The maximum atomic E-state index is 10.9. The van der Waals surface area contributed by atoms with Crippen LogP contribution in [0.3, 0.4) is 0 Å². The van der Waals surface area contributed by atoms with E-state index in [1.165, 1.54) is 6.92 Å². The number of ether oxygens (including phenoxy) is 2. The number of hydrogen-bond acceptors (Lipinski definition) is 5. The minimum atomic E-state index is -1.10. The van der Waals surface area contributed by atoms with E-state index in [4.69, 9.17) is 0 Å². The Morgan fingerprint density at radius 1 is 1.62 bits per heavy atom. The van der Waals surface area contributed by atoms with E-state index in [2.05, 4.69) is 16.1 Å². The minimum Gasteiger partial charge on any atom is -0.446 e. The third-order valence-corrected chi connectivity index (χ3v) is 1.43. The molecule has 13 heavy (non-hydrogen) atoms. The lowest BCUT2D eigenvalue weighted by Gasteiger charge is -2.05. The van der Waals surface area contributed by atoms with Crippen LogP contribution >= 0.6 is 0 Å². The highest BCUT2D eigenvalue weighted by atomic mass is 16.6. The highest BCUT2D eigenvalue weighted by Gasteiger charge is 2.36.